The fourth-order valence-corrected chi connectivity index (χ4v) is 3.72. The van der Waals surface area contributed by atoms with Crippen LogP contribution in [0.3, 0.4) is 0 Å². The van der Waals surface area contributed by atoms with E-state index < -0.39 is 36.2 Å². The number of aliphatic hydroxyl groups is 1. The quantitative estimate of drug-likeness (QED) is 0.744. The number of ketones is 1. The highest BCUT2D eigenvalue weighted by molar-refractivity contribution is 5.85. The first kappa shape index (κ1) is 20.3. The zero-order chi connectivity index (χ0) is 18.9. The van der Waals surface area contributed by atoms with Crippen molar-refractivity contribution in [2.24, 2.45) is 11.8 Å². The molecule has 1 N–H and O–H groups in total. The molecule has 0 spiro atoms. The summed E-state index contributed by atoms with van der Waals surface area (Å²) in [6, 6.07) is 0. The van der Waals surface area contributed by atoms with Crippen molar-refractivity contribution in [3.05, 3.63) is 0 Å². The maximum absolute atomic E-state index is 12.1. The van der Waals surface area contributed by atoms with Crippen molar-refractivity contribution >= 4 is 11.8 Å². The topological polar surface area (TPSA) is 91.3 Å². The summed E-state index contributed by atoms with van der Waals surface area (Å²) in [6.45, 7) is 10.3. The summed E-state index contributed by atoms with van der Waals surface area (Å²) < 4.78 is 22.7. The predicted molar refractivity (Wildman–Crippen MR) is 88.8 cm³/mol. The minimum Gasteiger partial charge on any atom is -0.463 e. The van der Waals surface area contributed by atoms with Gasteiger partial charge in [0.25, 0.3) is 0 Å². The van der Waals surface area contributed by atoms with Crippen LogP contribution in [0.4, 0.5) is 0 Å². The van der Waals surface area contributed by atoms with Crippen molar-refractivity contribution in [3.8, 4) is 0 Å². The smallest absolute Gasteiger partial charge is 0.302 e. The lowest BCUT2D eigenvalue weighted by molar-refractivity contribution is -0.247. The van der Waals surface area contributed by atoms with Crippen molar-refractivity contribution in [2.75, 3.05) is 6.61 Å². The van der Waals surface area contributed by atoms with Gasteiger partial charge in [0.15, 0.2) is 12.1 Å². The van der Waals surface area contributed by atoms with Gasteiger partial charge in [-0.05, 0) is 46.0 Å². The van der Waals surface area contributed by atoms with Gasteiger partial charge in [-0.3, -0.25) is 9.59 Å². The van der Waals surface area contributed by atoms with Gasteiger partial charge in [-0.15, -0.1) is 0 Å². The highest BCUT2D eigenvalue weighted by Crippen LogP contribution is 2.47. The third-order valence-corrected chi connectivity index (χ3v) is 5.37. The van der Waals surface area contributed by atoms with E-state index in [1.807, 2.05) is 20.8 Å². The van der Waals surface area contributed by atoms with Crippen molar-refractivity contribution in [2.45, 2.75) is 84.3 Å². The normalized spacial score (nSPS) is 41.3. The summed E-state index contributed by atoms with van der Waals surface area (Å²) in [4.78, 5) is 23.3. The lowest BCUT2D eigenvalue weighted by atomic mass is 9.77. The Hall–Kier alpha value is -1.02. The van der Waals surface area contributed by atoms with Crippen molar-refractivity contribution in [3.63, 3.8) is 0 Å². The monoisotopic (exact) mass is 358 g/mol. The molecule has 4 unspecified atom stereocenters. The molecule has 0 aromatic heterocycles. The molecule has 0 aromatic rings. The van der Waals surface area contributed by atoms with Crippen LogP contribution >= 0.6 is 0 Å². The van der Waals surface area contributed by atoms with Crippen LogP contribution in [0.1, 0.15) is 48.0 Å². The Kier molecular flexibility index (Phi) is 6.25. The molecule has 25 heavy (non-hydrogen) atoms. The van der Waals surface area contributed by atoms with E-state index in [1.54, 1.807) is 6.92 Å². The lowest BCUT2D eigenvalue weighted by Crippen LogP contribution is -2.45. The van der Waals surface area contributed by atoms with Crippen LogP contribution in [0, 0.1) is 11.8 Å². The minimum atomic E-state index is -1.03. The van der Waals surface area contributed by atoms with Gasteiger partial charge in [0.05, 0.1) is 18.3 Å². The lowest BCUT2D eigenvalue weighted by Gasteiger charge is -2.31. The van der Waals surface area contributed by atoms with E-state index in [1.165, 1.54) is 13.8 Å². The molecular formula is C18H30O7. The Morgan fingerprint density at radius 1 is 1.32 bits per heavy atom. The summed E-state index contributed by atoms with van der Waals surface area (Å²) in [5.74, 6) is -0.675. The number of hydrogen-bond donors (Lipinski definition) is 1. The Morgan fingerprint density at radius 2 is 1.96 bits per heavy atom. The first-order valence-corrected chi connectivity index (χ1v) is 8.87. The van der Waals surface area contributed by atoms with Crippen LogP contribution < -0.4 is 0 Å². The number of hydrogen-bond acceptors (Lipinski definition) is 7. The molecule has 7 heteroatoms. The molecule has 2 rings (SSSR count). The SMILES string of the molecule is CC(=O)OCC1C[C@H]2C(C)C(C)(C(C)=O)O[C@@H]2C(O)[C@H](OC(C)C)O1. The molecule has 7 atom stereocenters. The van der Waals surface area contributed by atoms with Gasteiger partial charge in [0, 0.05) is 6.92 Å². The maximum atomic E-state index is 12.1. The molecule has 2 aliphatic rings. The number of esters is 1. The molecule has 0 radical (unpaired) electrons. The van der Waals surface area contributed by atoms with Crippen LogP contribution in [0.2, 0.25) is 0 Å². The number of carbonyl (C=O) groups is 2. The molecule has 2 saturated heterocycles. The number of carbonyl (C=O) groups excluding carboxylic acids is 2. The maximum Gasteiger partial charge on any atom is 0.302 e. The van der Waals surface area contributed by atoms with E-state index in [-0.39, 0.29) is 30.3 Å². The van der Waals surface area contributed by atoms with E-state index in [4.69, 9.17) is 18.9 Å². The molecule has 144 valence electrons. The number of aliphatic hydroxyl groups excluding tert-OH is 1. The van der Waals surface area contributed by atoms with Gasteiger partial charge >= 0.3 is 5.97 Å². The molecule has 7 nitrogen and oxygen atoms in total. The third-order valence-electron chi connectivity index (χ3n) is 5.37. The standard InChI is InChI=1S/C18H30O7/c1-9(2)23-17-15(21)16-14(7-13(24-17)8-22-12(5)20)10(3)18(6,25-16)11(4)19/h9-10,13-17,21H,7-8H2,1-6H3/t10?,13?,14-,15?,16-,17+,18?/m0/s1. The minimum absolute atomic E-state index is 0.0703. The summed E-state index contributed by atoms with van der Waals surface area (Å²) in [6.07, 6.45) is -2.59. The fraction of sp³-hybridized carbons (Fsp3) is 0.889. The molecule has 0 bridgehead atoms. The van der Waals surface area contributed by atoms with Crippen LogP contribution in [-0.4, -0.2) is 59.8 Å². The second kappa shape index (κ2) is 7.70. The third kappa shape index (κ3) is 4.22. The second-order valence-corrected chi connectivity index (χ2v) is 7.54. The summed E-state index contributed by atoms with van der Waals surface area (Å²) in [7, 11) is 0. The molecule has 2 aliphatic heterocycles. The number of ether oxygens (including phenoxy) is 4. The Bertz CT molecular complexity index is 506. The van der Waals surface area contributed by atoms with Gasteiger partial charge in [0.1, 0.15) is 18.3 Å². The van der Waals surface area contributed by atoms with Crippen LogP contribution in [-0.2, 0) is 28.5 Å². The first-order valence-electron chi connectivity index (χ1n) is 8.87. The zero-order valence-electron chi connectivity index (χ0n) is 15.9. The fourth-order valence-electron chi connectivity index (χ4n) is 3.72. The summed E-state index contributed by atoms with van der Waals surface area (Å²) >= 11 is 0. The average molecular weight is 358 g/mol. The van der Waals surface area contributed by atoms with Crippen LogP contribution in [0.15, 0.2) is 0 Å². The van der Waals surface area contributed by atoms with Gasteiger partial charge in [-0.2, -0.15) is 0 Å². The predicted octanol–water partition coefficient (Wildman–Crippen LogP) is 1.45. The summed E-state index contributed by atoms with van der Waals surface area (Å²) in [5.41, 5.74) is -0.956. The van der Waals surface area contributed by atoms with Crippen molar-refractivity contribution in [1.29, 1.82) is 0 Å². The Labute approximate surface area is 149 Å². The van der Waals surface area contributed by atoms with Crippen LogP contribution in [0.5, 0.6) is 0 Å². The molecule has 2 heterocycles. The van der Waals surface area contributed by atoms with Gasteiger partial charge in [-0.1, -0.05) is 6.92 Å². The number of fused-ring (bicyclic) bond motifs is 1. The Balaban J connectivity index is 2.27. The highest BCUT2D eigenvalue weighted by atomic mass is 16.7. The number of rotatable bonds is 5. The van der Waals surface area contributed by atoms with E-state index in [2.05, 4.69) is 0 Å². The van der Waals surface area contributed by atoms with E-state index in [0.717, 1.165) is 0 Å². The van der Waals surface area contributed by atoms with Gasteiger partial charge in [-0.25, -0.2) is 0 Å². The Morgan fingerprint density at radius 3 is 2.48 bits per heavy atom. The molecule has 2 fully saturated rings. The van der Waals surface area contributed by atoms with Crippen molar-refractivity contribution in [1.82, 2.24) is 0 Å². The molecule has 0 aromatic carbocycles. The molecule has 0 amide bonds. The number of Topliss-reactive ketones (excluding diaryl/α,β-unsaturated/α-hetero) is 1. The van der Waals surface area contributed by atoms with Crippen molar-refractivity contribution < 1.29 is 33.6 Å². The van der Waals surface area contributed by atoms with E-state index >= 15 is 0 Å². The highest BCUT2D eigenvalue weighted by Gasteiger charge is 2.57. The second-order valence-electron chi connectivity index (χ2n) is 7.54. The zero-order valence-corrected chi connectivity index (χ0v) is 15.9. The molecule has 0 aliphatic carbocycles. The van der Waals surface area contributed by atoms with Gasteiger partial charge in [0.2, 0.25) is 0 Å². The van der Waals surface area contributed by atoms with Gasteiger partial charge < -0.3 is 24.1 Å². The first-order chi connectivity index (χ1) is 11.6. The van der Waals surface area contributed by atoms with E-state index in [9.17, 15) is 14.7 Å². The van der Waals surface area contributed by atoms with E-state index in [0.29, 0.717) is 6.42 Å². The summed E-state index contributed by atoms with van der Waals surface area (Å²) in [5, 5.41) is 10.8. The molecule has 0 saturated carbocycles. The van der Waals surface area contributed by atoms with Crippen LogP contribution in [0.25, 0.3) is 0 Å². The molecular weight excluding hydrogens is 328 g/mol. The largest absolute Gasteiger partial charge is 0.463 e. The average Bonchev–Trinajstić information content (AvgIpc) is 2.68.